The molecule has 0 unspecified atom stereocenters. The Morgan fingerprint density at radius 2 is 1.95 bits per heavy atom. The van der Waals surface area contributed by atoms with Gasteiger partial charge in [0.15, 0.2) is 5.58 Å². The molecule has 0 amide bonds. The third-order valence-electron chi connectivity index (χ3n) is 3.04. The van der Waals surface area contributed by atoms with Crippen molar-refractivity contribution in [2.24, 2.45) is 0 Å². The fourth-order valence-corrected chi connectivity index (χ4v) is 3.03. The van der Waals surface area contributed by atoms with Gasteiger partial charge in [0.25, 0.3) is 6.01 Å². The quantitative estimate of drug-likeness (QED) is 0.588. The van der Waals surface area contributed by atoms with E-state index in [1.54, 1.807) is 11.3 Å². The standard InChI is InChI=1S/C15H11N3OS/c1-9-16-12-7-6-10(8-14(12)20-9)17-15-18-11-4-2-3-5-13(11)19-15/h2-8H,1H3,(H,17,18). The first kappa shape index (κ1) is 11.4. The summed E-state index contributed by atoms with van der Waals surface area (Å²) in [7, 11) is 0. The van der Waals surface area contributed by atoms with Gasteiger partial charge in [0.2, 0.25) is 0 Å². The first-order valence-electron chi connectivity index (χ1n) is 6.28. The Balaban J connectivity index is 1.72. The predicted molar refractivity (Wildman–Crippen MR) is 81.6 cm³/mol. The summed E-state index contributed by atoms with van der Waals surface area (Å²) >= 11 is 1.68. The molecule has 0 saturated carbocycles. The van der Waals surface area contributed by atoms with Crippen molar-refractivity contribution in [3.63, 3.8) is 0 Å². The molecule has 4 rings (SSSR count). The highest BCUT2D eigenvalue weighted by Gasteiger charge is 2.06. The molecule has 20 heavy (non-hydrogen) atoms. The number of oxazole rings is 1. The number of hydrogen-bond acceptors (Lipinski definition) is 5. The highest BCUT2D eigenvalue weighted by molar-refractivity contribution is 7.18. The second-order valence-electron chi connectivity index (χ2n) is 4.53. The number of nitrogens with one attached hydrogen (secondary N) is 1. The van der Waals surface area contributed by atoms with Gasteiger partial charge in [-0.15, -0.1) is 11.3 Å². The van der Waals surface area contributed by atoms with Crippen LogP contribution in [-0.2, 0) is 0 Å². The van der Waals surface area contributed by atoms with Crippen LogP contribution < -0.4 is 5.32 Å². The maximum absolute atomic E-state index is 5.65. The van der Waals surface area contributed by atoms with Crippen molar-refractivity contribution in [2.75, 3.05) is 5.32 Å². The third kappa shape index (κ3) is 1.92. The van der Waals surface area contributed by atoms with Crippen LogP contribution in [0.4, 0.5) is 11.7 Å². The summed E-state index contributed by atoms with van der Waals surface area (Å²) in [5.41, 5.74) is 3.61. The van der Waals surface area contributed by atoms with E-state index in [0.717, 1.165) is 32.0 Å². The van der Waals surface area contributed by atoms with Crippen LogP contribution in [0.3, 0.4) is 0 Å². The number of hydrogen-bond donors (Lipinski definition) is 1. The number of fused-ring (bicyclic) bond motifs is 2. The molecular weight excluding hydrogens is 270 g/mol. The normalized spacial score (nSPS) is 11.2. The summed E-state index contributed by atoms with van der Waals surface area (Å²) in [5.74, 6) is 0. The fraction of sp³-hybridized carbons (Fsp3) is 0.0667. The van der Waals surface area contributed by atoms with Gasteiger partial charge in [0.1, 0.15) is 5.52 Å². The van der Waals surface area contributed by atoms with Crippen LogP contribution in [0.25, 0.3) is 21.3 Å². The number of aromatic nitrogens is 2. The Bertz CT molecular complexity index is 877. The topological polar surface area (TPSA) is 51.0 Å². The number of aryl methyl sites for hydroxylation is 1. The highest BCUT2D eigenvalue weighted by Crippen LogP contribution is 2.27. The van der Waals surface area contributed by atoms with E-state index in [9.17, 15) is 0 Å². The Labute approximate surface area is 119 Å². The van der Waals surface area contributed by atoms with E-state index < -0.39 is 0 Å². The fourth-order valence-electron chi connectivity index (χ4n) is 2.17. The van der Waals surface area contributed by atoms with Crippen molar-refractivity contribution >= 4 is 44.4 Å². The van der Waals surface area contributed by atoms with Crippen LogP contribution in [-0.4, -0.2) is 9.97 Å². The van der Waals surface area contributed by atoms with Gasteiger partial charge in [-0.3, -0.25) is 0 Å². The first-order valence-corrected chi connectivity index (χ1v) is 7.09. The number of rotatable bonds is 2. The van der Waals surface area contributed by atoms with Crippen molar-refractivity contribution < 1.29 is 4.42 Å². The van der Waals surface area contributed by atoms with E-state index in [0.29, 0.717) is 6.01 Å². The number of thiazole rings is 1. The number of anilines is 2. The van der Waals surface area contributed by atoms with Gasteiger partial charge in [-0.2, -0.15) is 4.98 Å². The Hall–Kier alpha value is -2.40. The van der Waals surface area contributed by atoms with Gasteiger partial charge in [-0.25, -0.2) is 4.98 Å². The summed E-state index contributed by atoms with van der Waals surface area (Å²) in [6.45, 7) is 2.01. The average Bonchev–Trinajstić information content (AvgIpc) is 2.99. The van der Waals surface area contributed by atoms with Crippen molar-refractivity contribution in [3.05, 3.63) is 47.5 Å². The number of nitrogens with zero attached hydrogens (tertiary/aromatic N) is 2. The van der Waals surface area contributed by atoms with Crippen LogP contribution >= 0.6 is 11.3 Å². The highest BCUT2D eigenvalue weighted by atomic mass is 32.1. The zero-order chi connectivity index (χ0) is 13.5. The molecule has 0 aliphatic carbocycles. The third-order valence-corrected chi connectivity index (χ3v) is 3.97. The van der Waals surface area contributed by atoms with Crippen LogP contribution in [0.15, 0.2) is 46.9 Å². The van der Waals surface area contributed by atoms with E-state index in [4.69, 9.17) is 4.42 Å². The van der Waals surface area contributed by atoms with Gasteiger partial charge >= 0.3 is 0 Å². The largest absolute Gasteiger partial charge is 0.423 e. The molecule has 2 aromatic carbocycles. The maximum atomic E-state index is 5.65. The van der Waals surface area contributed by atoms with E-state index >= 15 is 0 Å². The van der Waals surface area contributed by atoms with Crippen LogP contribution in [0.2, 0.25) is 0 Å². The molecule has 0 atom stereocenters. The molecule has 4 aromatic rings. The summed E-state index contributed by atoms with van der Waals surface area (Å²) in [4.78, 5) is 8.85. The lowest BCUT2D eigenvalue weighted by Gasteiger charge is -2.00. The summed E-state index contributed by atoms with van der Waals surface area (Å²) in [6.07, 6.45) is 0. The summed E-state index contributed by atoms with van der Waals surface area (Å²) < 4.78 is 6.81. The predicted octanol–water partition coefficient (Wildman–Crippen LogP) is 4.49. The van der Waals surface area contributed by atoms with Gasteiger partial charge in [0.05, 0.1) is 15.2 Å². The number of benzene rings is 2. The van der Waals surface area contributed by atoms with E-state index in [-0.39, 0.29) is 0 Å². The minimum absolute atomic E-state index is 0.506. The summed E-state index contributed by atoms with van der Waals surface area (Å²) in [5, 5.41) is 4.26. The Morgan fingerprint density at radius 1 is 1.05 bits per heavy atom. The van der Waals surface area contributed by atoms with Crippen molar-refractivity contribution in [2.45, 2.75) is 6.92 Å². The molecular formula is C15H11N3OS. The van der Waals surface area contributed by atoms with Gasteiger partial charge in [-0.1, -0.05) is 12.1 Å². The zero-order valence-corrected chi connectivity index (χ0v) is 11.6. The Kier molecular flexibility index (Phi) is 2.47. The number of para-hydroxylation sites is 2. The molecule has 2 aromatic heterocycles. The molecule has 0 radical (unpaired) electrons. The van der Waals surface area contributed by atoms with Crippen LogP contribution in [0.5, 0.6) is 0 Å². The van der Waals surface area contributed by atoms with E-state index in [1.165, 1.54) is 0 Å². The van der Waals surface area contributed by atoms with Gasteiger partial charge in [-0.05, 0) is 37.3 Å². The van der Waals surface area contributed by atoms with Crippen LogP contribution in [0.1, 0.15) is 5.01 Å². The van der Waals surface area contributed by atoms with Crippen molar-refractivity contribution in [3.8, 4) is 0 Å². The second kappa shape index (κ2) is 4.31. The molecule has 4 nitrogen and oxygen atoms in total. The lowest BCUT2D eigenvalue weighted by Crippen LogP contribution is -1.89. The molecule has 0 aliphatic rings. The molecule has 0 bridgehead atoms. The minimum atomic E-state index is 0.506. The van der Waals surface area contributed by atoms with Crippen LogP contribution in [0, 0.1) is 6.92 Å². The van der Waals surface area contributed by atoms with E-state index in [2.05, 4.69) is 21.4 Å². The lowest BCUT2D eigenvalue weighted by atomic mass is 10.3. The average molecular weight is 281 g/mol. The SMILES string of the molecule is Cc1nc2ccc(Nc3nc4ccccc4o3)cc2s1. The Morgan fingerprint density at radius 3 is 2.85 bits per heavy atom. The molecule has 0 saturated heterocycles. The molecule has 0 fully saturated rings. The molecule has 0 aliphatic heterocycles. The molecule has 2 heterocycles. The lowest BCUT2D eigenvalue weighted by molar-refractivity contribution is 0.623. The molecule has 98 valence electrons. The van der Waals surface area contributed by atoms with Crippen molar-refractivity contribution in [1.29, 1.82) is 0 Å². The zero-order valence-electron chi connectivity index (χ0n) is 10.8. The maximum Gasteiger partial charge on any atom is 0.300 e. The first-order chi connectivity index (χ1) is 9.78. The van der Waals surface area contributed by atoms with Crippen molar-refractivity contribution in [1.82, 2.24) is 9.97 Å². The molecule has 5 heteroatoms. The minimum Gasteiger partial charge on any atom is -0.423 e. The van der Waals surface area contributed by atoms with Gasteiger partial charge < -0.3 is 9.73 Å². The summed E-state index contributed by atoms with van der Waals surface area (Å²) in [6, 6.07) is 14.3. The van der Waals surface area contributed by atoms with Gasteiger partial charge in [0, 0.05) is 5.69 Å². The van der Waals surface area contributed by atoms with E-state index in [1.807, 2.05) is 43.3 Å². The molecule has 0 spiro atoms. The monoisotopic (exact) mass is 281 g/mol. The second-order valence-corrected chi connectivity index (χ2v) is 5.76. The molecule has 1 N–H and O–H groups in total. The smallest absolute Gasteiger partial charge is 0.300 e.